The fraction of sp³-hybridized carbons (Fsp3) is 0.375. The molecule has 0 radical (unpaired) electrons. The number of nitrogens with zero attached hydrogens (tertiary/aromatic N) is 1. The normalized spacial score (nSPS) is 15.3. The number of piperidine rings is 1. The Kier molecular flexibility index (Phi) is 8.77. The minimum absolute atomic E-state index is 0.0682. The molecule has 0 atom stereocenters. The third kappa shape index (κ3) is 6.38. The van der Waals surface area contributed by atoms with Crippen LogP contribution in [-0.4, -0.2) is 52.6 Å². The van der Waals surface area contributed by atoms with Gasteiger partial charge in [-0.3, -0.25) is 9.59 Å². The van der Waals surface area contributed by atoms with E-state index >= 15 is 0 Å². The fourth-order valence-electron chi connectivity index (χ4n) is 4.93. The van der Waals surface area contributed by atoms with E-state index in [1.54, 1.807) is 38.1 Å². The molecule has 0 aliphatic carbocycles. The highest BCUT2D eigenvalue weighted by Gasteiger charge is 2.36. The lowest BCUT2D eigenvalue weighted by molar-refractivity contribution is -0.218. The molecule has 6 heteroatoms. The summed E-state index contributed by atoms with van der Waals surface area (Å²) in [6.45, 7) is 5.83. The zero-order valence-corrected chi connectivity index (χ0v) is 22.2. The van der Waals surface area contributed by atoms with Crippen molar-refractivity contribution in [2.24, 2.45) is 0 Å². The second-order valence-corrected chi connectivity index (χ2v) is 10.6. The van der Waals surface area contributed by atoms with Gasteiger partial charge in [0, 0.05) is 36.2 Å². The molecule has 0 unspecified atom stereocenters. The van der Waals surface area contributed by atoms with Gasteiger partial charge >= 0.3 is 5.97 Å². The number of carboxylic acids is 1. The molecule has 200 valence electrons. The lowest BCUT2D eigenvalue weighted by Crippen LogP contribution is -2.42. The first-order valence-electron chi connectivity index (χ1n) is 13.3. The van der Waals surface area contributed by atoms with Gasteiger partial charge in [0.15, 0.2) is 5.78 Å². The predicted molar refractivity (Wildman–Crippen MR) is 147 cm³/mol. The van der Waals surface area contributed by atoms with Gasteiger partial charge in [0.25, 0.3) is 0 Å². The van der Waals surface area contributed by atoms with Gasteiger partial charge in [-0.2, -0.15) is 0 Å². The van der Waals surface area contributed by atoms with E-state index in [2.05, 4.69) is 4.90 Å². The minimum Gasteiger partial charge on any atom is -0.481 e. The van der Waals surface area contributed by atoms with Crippen molar-refractivity contribution in [3.8, 4) is 0 Å². The van der Waals surface area contributed by atoms with Crippen molar-refractivity contribution >= 4 is 11.8 Å². The number of rotatable bonds is 11. The standard InChI is InChI=1S/C32H37NO5/c1-31(2,30(35)36)25-17-15-24(16-18-25)29(34)14-9-21-33-22-19-28(20-23-33)38-32(37,26-10-5-3-6-11-26)27-12-7-4-8-13-27/h3-8,10-13,15-18,28,37H,9,14,19-23H2,1-2H3,(H,35,36). The Morgan fingerprint density at radius 2 is 1.37 bits per heavy atom. The molecule has 1 fully saturated rings. The van der Waals surface area contributed by atoms with Crippen molar-refractivity contribution in [2.45, 2.75) is 56.8 Å². The van der Waals surface area contributed by atoms with Crippen molar-refractivity contribution in [1.82, 2.24) is 4.90 Å². The van der Waals surface area contributed by atoms with Crippen LogP contribution in [0.3, 0.4) is 0 Å². The first-order valence-corrected chi connectivity index (χ1v) is 13.3. The molecule has 3 aromatic carbocycles. The van der Waals surface area contributed by atoms with E-state index in [9.17, 15) is 19.8 Å². The topological polar surface area (TPSA) is 87.1 Å². The predicted octanol–water partition coefficient (Wildman–Crippen LogP) is 5.39. The van der Waals surface area contributed by atoms with Crippen LogP contribution in [0.15, 0.2) is 84.9 Å². The largest absolute Gasteiger partial charge is 0.481 e. The highest BCUT2D eigenvalue weighted by Crippen LogP contribution is 2.34. The molecule has 2 N–H and O–H groups in total. The SMILES string of the molecule is CC(C)(C(=O)O)c1ccc(C(=O)CCCN2CCC(OC(O)(c3ccccc3)c3ccccc3)CC2)cc1. The maximum atomic E-state index is 12.7. The third-order valence-electron chi connectivity index (χ3n) is 7.54. The Morgan fingerprint density at radius 1 is 0.842 bits per heavy atom. The van der Waals surface area contributed by atoms with E-state index in [1.165, 1.54) is 0 Å². The van der Waals surface area contributed by atoms with Gasteiger partial charge in [0.05, 0.1) is 11.5 Å². The lowest BCUT2D eigenvalue weighted by atomic mass is 9.84. The van der Waals surface area contributed by atoms with Crippen LogP contribution in [0.2, 0.25) is 0 Å². The summed E-state index contributed by atoms with van der Waals surface area (Å²) in [5.41, 5.74) is 1.73. The van der Waals surface area contributed by atoms with E-state index in [1.807, 2.05) is 60.7 Å². The summed E-state index contributed by atoms with van der Waals surface area (Å²) in [6, 6.07) is 25.9. The molecule has 1 saturated heterocycles. The van der Waals surface area contributed by atoms with E-state index < -0.39 is 17.2 Å². The fourth-order valence-corrected chi connectivity index (χ4v) is 4.93. The van der Waals surface area contributed by atoms with Crippen molar-refractivity contribution in [1.29, 1.82) is 0 Å². The molecule has 1 aliphatic rings. The zero-order chi connectivity index (χ0) is 27.2. The lowest BCUT2D eigenvalue weighted by Gasteiger charge is -2.38. The number of ketones is 1. The monoisotopic (exact) mass is 515 g/mol. The van der Waals surface area contributed by atoms with Gasteiger partial charge in [-0.05, 0) is 45.2 Å². The van der Waals surface area contributed by atoms with Crippen LogP contribution in [0.4, 0.5) is 0 Å². The number of Topliss-reactive ketones (excluding diaryl/α,β-unsaturated/α-hetero) is 1. The zero-order valence-electron chi connectivity index (χ0n) is 22.2. The average molecular weight is 516 g/mol. The Hall–Kier alpha value is -3.32. The first kappa shape index (κ1) is 27.7. The molecule has 3 aromatic rings. The molecule has 0 bridgehead atoms. The number of carboxylic acid groups (broad SMARTS) is 1. The number of hydrogen-bond acceptors (Lipinski definition) is 5. The van der Waals surface area contributed by atoms with Crippen LogP contribution >= 0.6 is 0 Å². The maximum absolute atomic E-state index is 12.7. The van der Waals surface area contributed by atoms with Gasteiger partial charge in [0.1, 0.15) is 0 Å². The van der Waals surface area contributed by atoms with Crippen molar-refractivity contribution in [2.75, 3.05) is 19.6 Å². The highest BCUT2D eigenvalue weighted by molar-refractivity contribution is 5.96. The molecule has 0 amide bonds. The van der Waals surface area contributed by atoms with Gasteiger partial charge in [-0.15, -0.1) is 0 Å². The summed E-state index contributed by atoms with van der Waals surface area (Å²) in [5, 5.41) is 21.1. The number of aliphatic hydroxyl groups is 1. The molecule has 4 rings (SSSR count). The number of aliphatic carboxylic acids is 1. The van der Waals surface area contributed by atoms with E-state index in [-0.39, 0.29) is 11.9 Å². The molecule has 0 spiro atoms. The molecular formula is C32H37NO5. The number of carbonyl (C=O) groups is 2. The van der Waals surface area contributed by atoms with E-state index in [0.29, 0.717) is 28.7 Å². The number of benzene rings is 3. The van der Waals surface area contributed by atoms with Crippen LogP contribution in [0.25, 0.3) is 0 Å². The second-order valence-electron chi connectivity index (χ2n) is 10.6. The summed E-state index contributed by atoms with van der Waals surface area (Å²) in [6.07, 6.45) is 2.73. The first-order chi connectivity index (χ1) is 18.2. The molecular weight excluding hydrogens is 478 g/mol. The van der Waals surface area contributed by atoms with Crippen LogP contribution in [0.5, 0.6) is 0 Å². The second kappa shape index (κ2) is 12.0. The van der Waals surface area contributed by atoms with E-state index in [4.69, 9.17) is 4.74 Å². The Bertz CT molecular complexity index is 1160. The summed E-state index contributed by atoms with van der Waals surface area (Å²) < 4.78 is 6.39. The van der Waals surface area contributed by atoms with Crippen LogP contribution in [0.1, 0.15) is 66.6 Å². The minimum atomic E-state index is -1.50. The van der Waals surface area contributed by atoms with Crippen molar-refractivity contribution in [3.05, 3.63) is 107 Å². The maximum Gasteiger partial charge on any atom is 0.313 e. The summed E-state index contributed by atoms with van der Waals surface area (Å²) in [5.74, 6) is -2.33. The summed E-state index contributed by atoms with van der Waals surface area (Å²) in [7, 11) is 0. The van der Waals surface area contributed by atoms with Crippen molar-refractivity contribution in [3.63, 3.8) is 0 Å². The Morgan fingerprint density at radius 3 is 1.87 bits per heavy atom. The van der Waals surface area contributed by atoms with Crippen molar-refractivity contribution < 1.29 is 24.5 Å². The average Bonchev–Trinajstić information content (AvgIpc) is 2.95. The highest BCUT2D eigenvalue weighted by atomic mass is 16.6. The number of likely N-dealkylation sites (tertiary alicyclic amines) is 1. The van der Waals surface area contributed by atoms with Gasteiger partial charge in [0.2, 0.25) is 5.79 Å². The number of ether oxygens (including phenoxy) is 1. The van der Waals surface area contributed by atoms with Crippen LogP contribution < -0.4 is 0 Å². The Balaban J connectivity index is 1.27. The summed E-state index contributed by atoms with van der Waals surface area (Å²) >= 11 is 0. The molecule has 1 heterocycles. The number of hydrogen-bond donors (Lipinski definition) is 2. The third-order valence-corrected chi connectivity index (χ3v) is 7.54. The summed E-state index contributed by atoms with van der Waals surface area (Å²) in [4.78, 5) is 26.5. The molecule has 0 saturated carbocycles. The molecule has 38 heavy (non-hydrogen) atoms. The molecule has 6 nitrogen and oxygen atoms in total. The number of carbonyl (C=O) groups excluding carboxylic acids is 1. The van der Waals surface area contributed by atoms with E-state index in [0.717, 1.165) is 38.9 Å². The van der Waals surface area contributed by atoms with Crippen LogP contribution in [0, 0.1) is 0 Å². The Labute approximate surface area is 224 Å². The van der Waals surface area contributed by atoms with Crippen LogP contribution in [-0.2, 0) is 20.7 Å². The molecule has 1 aliphatic heterocycles. The quantitative estimate of drug-likeness (QED) is 0.263. The smallest absolute Gasteiger partial charge is 0.313 e. The molecule has 0 aromatic heterocycles. The van der Waals surface area contributed by atoms with Gasteiger partial charge < -0.3 is 19.8 Å². The van der Waals surface area contributed by atoms with Gasteiger partial charge in [-0.25, -0.2) is 0 Å². The van der Waals surface area contributed by atoms with Gasteiger partial charge in [-0.1, -0.05) is 84.9 Å².